The van der Waals surface area contributed by atoms with Crippen LogP contribution in [-0.2, 0) is 0 Å². The molecule has 0 radical (unpaired) electrons. The standard InChI is InChI=1S/C14H17N3O/c1-3-16(4-2)14(18)12-7-8-13(15-11-12)17-9-5-6-10-17/h5-11H,3-4H2,1-2H3. The first-order valence-electron chi connectivity index (χ1n) is 6.15. The molecule has 2 rings (SSSR count). The highest BCUT2D eigenvalue weighted by molar-refractivity contribution is 5.93. The van der Waals surface area contributed by atoms with E-state index in [1.165, 1.54) is 0 Å². The third-order valence-electron chi connectivity index (χ3n) is 2.91. The van der Waals surface area contributed by atoms with Gasteiger partial charge in [0.1, 0.15) is 5.82 Å². The predicted molar refractivity (Wildman–Crippen MR) is 70.8 cm³/mol. The fourth-order valence-electron chi connectivity index (χ4n) is 1.85. The van der Waals surface area contributed by atoms with Crippen molar-refractivity contribution in [3.63, 3.8) is 0 Å². The van der Waals surface area contributed by atoms with Gasteiger partial charge in [-0.1, -0.05) is 0 Å². The highest BCUT2D eigenvalue weighted by Crippen LogP contribution is 2.08. The van der Waals surface area contributed by atoms with E-state index in [2.05, 4.69) is 4.98 Å². The van der Waals surface area contributed by atoms with E-state index in [4.69, 9.17) is 0 Å². The van der Waals surface area contributed by atoms with Crippen LogP contribution in [0.2, 0.25) is 0 Å². The summed E-state index contributed by atoms with van der Waals surface area (Å²) in [5, 5.41) is 0. The van der Waals surface area contributed by atoms with E-state index in [1.54, 1.807) is 11.1 Å². The molecule has 0 saturated heterocycles. The van der Waals surface area contributed by atoms with Gasteiger partial charge < -0.3 is 9.47 Å². The number of aromatic nitrogens is 2. The number of pyridine rings is 1. The lowest BCUT2D eigenvalue weighted by Gasteiger charge is -2.18. The smallest absolute Gasteiger partial charge is 0.255 e. The number of rotatable bonds is 4. The fourth-order valence-corrected chi connectivity index (χ4v) is 1.85. The van der Waals surface area contributed by atoms with Crippen LogP contribution in [-0.4, -0.2) is 33.4 Å². The van der Waals surface area contributed by atoms with Crippen LogP contribution in [0.3, 0.4) is 0 Å². The Morgan fingerprint density at radius 3 is 2.39 bits per heavy atom. The van der Waals surface area contributed by atoms with Crippen LogP contribution in [0, 0.1) is 0 Å². The average Bonchev–Trinajstić information content (AvgIpc) is 2.94. The summed E-state index contributed by atoms with van der Waals surface area (Å²) in [5.74, 6) is 0.850. The number of amides is 1. The molecule has 0 aliphatic carbocycles. The van der Waals surface area contributed by atoms with Crippen LogP contribution in [0.25, 0.3) is 5.82 Å². The van der Waals surface area contributed by atoms with Crippen LogP contribution >= 0.6 is 0 Å². The molecular formula is C14H17N3O. The maximum atomic E-state index is 12.1. The molecule has 2 heterocycles. The van der Waals surface area contributed by atoms with E-state index in [9.17, 15) is 4.79 Å². The Bertz CT molecular complexity index is 498. The Hall–Kier alpha value is -2.10. The van der Waals surface area contributed by atoms with Crippen molar-refractivity contribution in [1.82, 2.24) is 14.5 Å². The highest BCUT2D eigenvalue weighted by atomic mass is 16.2. The Morgan fingerprint density at radius 2 is 1.89 bits per heavy atom. The largest absolute Gasteiger partial charge is 0.339 e. The lowest BCUT2D eigenvalue weighted by atomic mass is 10.2. The molecule has 2 aromatic rings. The van der Waals surface area contributed by atoms with Gasteiger partial charge in [0.05, 0.1) is 5.56 Å². The van der Waals surface area contributed by atoms with Crippen molar-refractivity contribution in [2.24, 2.45) is 0 Å². The number of hydrogen-bond donors (Lipinski definition) is 0. The first-order chi connectivity index (χ1) is 8.76. The van der Waals surface area contributed by atoms with Gasteiger partial charge in [0, 0.05) is 31.7 Å². The summed E-state index contributed by atoms with van der Waals surface area (Å²) in [6.45, 7) is 5.38. The molecule has 4 heteroatoms. The molecule has 0 N–H and O–H groups in total. The summed E-state index contributed by atoms with van der Waals surface area (Å²) >= 11 is 0. The molecule has 18 heavy (non-hydrogen) atoms. The second-order valence-corrected chi connectivity index (χ2v) is 3.97. The van der Waals surface area contributed by atoms with E-state index in [-0.39, 0.29) is 5.91 Å². The van der Waals surface area contributed by atoms with E-state index in [0.29, 0.717) is 18.7 Å². The van der Waals surface area contributed by atoms with E-state index >= 15 is 0 Å². The Balaban J connectivity index is 2.20. The van der Waals surface area contributed by atoms with E-state index in [0.717, 1.165) is 5.82 Å². The van der Waals surface area contributed by atoms with E-state index < -0.39 is 0 Å². The molecule has 94 valence electrons. The minimum Gasteiger partial charge on any atom is -0.339 e. The van der Waals surface area contributed by atoms with Gasteiger partial charge in [-0.2, -0.15) is 0 Å². The van der Waals surface area contributed by atoms with Crippen LogP contribution in [0.5, 0.6) is 0 Å². The second-order valence-electron chi connectivity index (χ2n) is 3.97. The maximum Gasteiger partial charge on any atom is 0.255 e. The van der Waals surface area contributed by atoms with Gasteiger partial charge in [0.25, 0.3) is 5.91 Å². The van der Waals surface area contributed by atoms with Crippen molar-refractivity contribution in [2.45, 2.75) is 13.8 Å². The Morgan fingerprint density at radius 1 is 1.22 bits per heavy atom. The minimum atomic E-state index is 0.0338. The quantitative estimate of drug-likeness (QED) is 0.826. The van der Waals surface area contributed by atoms with Gasteiger partial charge in [0.15, 0.2) is 0 Å². The van der Waals surface area contributed by atoms with Crippen molar-refractivity contribution < 1.29 is 4.79 Å². The average molecular weight is 243 g/mol. The van der Waals surface area contributed by atoms with Gasteiger partial charge in [-0.05, 0) is 38.1 Å². The third kappa shape index (κ3) is 2.42. The molecule has 4 nitrogen and oxygen atoms in total. The Kier molecular flexibility index (Phi) is 3.77. The summed E-state index contributed by atoms with van der Waals surface area (Å²) in [5.41, 5.74) is 0.634. The molecule has 0 bridgehead atoms. The zero-order valence-corrected chi connectivity index (χ0v) is 10.7. The fraction of sp³-hybridized carbons (Fsp3) is 0.286. The topological polar surface area (TPSA) is 38.1 Å². The van der Waals surface area contributed by atoms with Crippen molar-refractivity contribution in [3.8, 4) is 5.82 Å². The van der Waals surface area contributed by atoms with Gasteiger partial charge >= 0.3 is 0 Å². The summed E-state index contributed by atoms with van der Waals surface area (Å²) < 4.78 is 1.91. The number of nitrogens with zero attached hydrogens (tertiary/aromatic N) is 3. The summed E-state index contributed by atoms with van der Waals surface area (Å²) in [6.07, 6.45) is 5.48. The molecule has 0 atom stereocenters. The zero-order valence-electron chi connectivity index (χ0n) is 10.7. The van der Waals surface area contributed by atoms with Crippen LogP contribution in [0.4, 0.5) is 0 Å². The third-order valence-corrected chi connectivity index (χ3v) is 2.91. The van der Waals surface area contributed by atoms with Crippen molar-refractivity contribution >= 4 is 5.91 Å². The summed E-state index contributed by atoms with van der Waals surface area (Å²) in [4.78, 5) is 18.2. The number of hydrogen-bond acceptors (Lipinski definition) is 2. The predicted octanol–water partition coefficient (Wildman–Crippen LogP) is 2.35. The van der Waals surface area contributed by atoms with E-state index in [1.807, 2.05) is 55.1 Å². The van der Waals surface area contributed by atoms with Crippen molar-refractivity contribution in [3.05, 3.63) is 48.4 Å². The Labute approximate surface area is 107 Å². The minimum absolute atomic E-state index is 0.0338. The number of carbonyl (C=O) groups excluding carboxylic acids is 1. The molecule has 0 unspecified atom stereocenters. The van der Waals surface area contributed by atoms with Gasteiger partial charge in [0.2, 0.25) is 0 Å². The molecule has 0 fully saturated rings. The molecule has 0 saturated carbocycles. The summed E-state index contributed by atoms with van der Waals surface area (Å²) in [7, 11) is 0. The molecule has 2 aromatic heterocycles. The first kappa shape index (κ1) is 12.4. The van der Waals surface area contributed by atoms with Crippen LogP contribution in [0.1, 0.15) is 24.2 Å². The second kappa shape index (κ2) is 5.49. The zero-order chi connectivity index (χ0) is 13.0. The van der Waals surface area contributed by atoms with Gasteiger partial charge in [-0.3, -0.25) is 4.79 Å². The van der Waals surface area contributed by atoms with Gasteiger partial charge in [-0.25, -0.2) is 4.98 Å². The highest BCUT2D eigenvalue weighted by Gasteiger charge is 2.12. The normalized spacial score (nSPS) is 10.3. The molecular weight excluding hydrogens is 226 g/mol. The first-order valence-corrected chi connectivity index (χ1v) is 6.15. The van der Waals surface area contributed by atoms with Crippen LogP contribution in [0.15, 0.2) is 42.9 Å². The van der Waals surface area contributed by atoms with Gasteiger partial charge in [-0.15, -0.1) is 0 Å². The molecule has 0 aliphatic heterocycles. The molecule has 1 amide bonds. The van der Waals surface area contributed by atoms with Crippen molar-refractivity contribution in [1.29, 1.82) is 0 Å². The molecule has 0 aliphatic rings. The maximum absolute atomic E-state index is 12.1. The lowest BCUT2D eigenvalue weighted by Crippen LogP contribution is -2.30. The van der Waals surface area contributed by atoms with Crippen molar-refractivity contribution in [2.75, 3.05) is 13.1 Å². The monoisotopic (exact) mass is 243 g/mol. The molecule has 0 aromatic carbocycles. The van der Waals surface area contributed by atoms with Crippen LogP contribution < -0.4 is 0 Å². The number of carbonyl (C=O) groups is 1. The lowest BCUT2D eigenvalue weighted by molar-refractivity contribution is 0.0772. The molecule has 0 spiro atoms. The summed E-state index contributed by atoms with van der Waals surface area (Å²) in [6, 6.07) is 7.56. The SMILES string of the molecule is CCN(CC)C(=O)c1ccc(-n2cccc2)nc1.